The maximum atomic E-state index is 13.5. The van der Waals surface area contributed by atoms with Crippen LogP contribution >= 0.6 is 11.3 Å². The number of rotatable bonds is 12. The third kappa shape index (κ3) is 7.67. The van der Waals surface area contributed by atoms with Crippen molar-refractivity contribution < 1.29 is 22.7 Å². The van der Waals surface area contributed by atoms with Gasteiger partial charge in [0, 0.05) is 19.3 Å². The van der Waals surface area contributed by atoms with Crippen molar-refractivity contribution in [1.29, 1.82) is 0 Å². The van der Waals surface area contributed by atoms with Crippen LogP contribution in [0.25, 0.3) is 10.2 Å². The van der Waals surface area contributed by atoms with E-state index in [-0.39, 0.29) is 23.3 Å². The molecule has 8 nitrogen and oxygen atoms in total. The van der Waals surface area contributed by atoms with Gasteiger partial charge in [0.05, 0.1) is 27.8 Å². The van der Waals surface area contributed by atoms with E-state index in [0.717, 1.165) is 10.2 Å². The quantitative estimate of drug-likeness (QED) is 0.336. The monoisotopic (exact) mass is 543 g/mol. The number of hydrogen-bond donors (Lipinski definition) is 2. The number of ether oxygens (including phenoxy) is 1. The number of sulfone groups is 1. The van der Waals surface area contributed by atoms with Crippen molar-refractivity contribution in [2.24, 2.45) is 0 Å². The Labute approximate surface area is 221 Å². The summed E-state index contributed by atoms with van der Waals surface area (Å²) in [4.78, 5) is 31.3. The van der Waals surface area contributed by atoms with Gasteiger partial charge in [-0.25, -0.2) is 13.4 Å². The molecular weight excluding hydrogens is 510 g/mol. The number of hydrogen-bond acceptors (Lipinski definition) is 8. The van der Waals surface area contributed by atoms with Crippen molar-refractivity contribution in [1.82, 2.24) is 15.6 Å². The number of nitrogens with one attached hydrogen (secondary N) is 2. The molecule has 2 N–H and O–H groups in total. The number of para-hydroxylation sites is 1. The minimum Gasteiger partial charge on any atom is -0.381 e. The second-order valence-electron chi connectivity index (χ2n) is 9.35. The maximum absolute atomic E-state index is 13.5. The van der Waals surface area contributed by atoms with Crippen LogP contribution in [0.5, 0.6) is 0 Å². The van der Waals surface area contributed by atoms with Gasteiger partial charge in [0.1, 0.15) is 6.04 Å². The largest absolute Gasteiger partial charge is 0.381 e. The van der Waals surface area contributed by atoms with Gasteiger partial charge in [-0.2, -0.15) is 0 Å². The standard InChI is InChI=1S/C27H33N3O5S2/c1-2-8-22(25(31)27-30-21-11-6-7-12-24(21)36-27)29-26(32)23(28-20-13-15-35-16-14-20)18-37(33,34)17-19-9-4-3-5-10-19/h3-7,9-12,20,22-23,28H,2,8,13-18H2,1H3,(H,29,32). The van der Waals surface area contributed by atoms with Crippen LogP contribution in [0.3, 0.4) is 0 Å². The summed E-state index contributed by atoms with van der Waals surface area (Å²) in [5.74, 6) is -1.26. The average molecular weight is 544 g/mol. The molecule has 0 bridgehead atoms. The molecule has 1 aliphatic rings. The topological polar surface area (TPSA) is 114 Å². The number of benzene rings is 2. The van der Waals surface area contributed by atoms with Gasteiger partial charge < -0.3 is 15.4 Å². The summed E-state index contributed by atoms with van der Waals surface area (Å²) in [7, 11) is -3.62. The first-order chi connectivity index (χ1) is 17.8. The number of aromatic nitrogens is 1. The van der Waals surface area contributed by atoms with Crippen molar-refractivity contribution in [2.75, 3.05) is 19.0 Å². The van der Waals surface area contributed by atoms with Crippen molar-refractivity contribution in [3.63, 3.8) is 0 Å². The van der Waals surface area contributed by atoms with E-state index in [9.17, 15) is 18.0 Å². The van der Waals surface area contributed by atoms with E-state index >= 15 is 0 Å². The number of carbonyl (C=O) groups excluding carboxylic acids is 2. The number of carbonyl (C=O) groups is 2. The van der Waals surface area contributed by atoms with Gasteiger partial charge in [-0.05, 0) is 37.0 Å². The molecule has 1 saturated heterocycles. The molecule has 0 aliphatic carbocycles. The molecule has 2 aromatic carbocycles. The number of fused-ring (bicyclic) bond motifs is 1. The third-order valence-corrected chi connectivity index (χ3v) is 9.00. The zero-order valence-corrected chi connectivity index (χ0v) is 22.5. The third-order valence-electron chi connectivity index (χ3n) is 6.34. The van der Waals surface area contributed by atoms with Crippen LogP contribution in [0.4, 0.5) is 0 Å². The summed E-state index contributed by atoms with van der Waals surface area (Å²) in [5, 5.41) is 6.44. The van der Waals surface area contributed by atoms with E-state index in [1.54, 1.807) is 24.3 Å². The van der Waals surface area contributed by atoms with Crippen molar-refractivity contribution >= 4 is 43.1 Å². The number of nitrogens with zero attached hydrogens (tertiary/aromatic N) is 1. The Morgan fingerprint density at radius 1 is 1.05 bits per heavy atom. The molecule has 37 heavy (non-hydrogen) atoms. The predicted molar refractivity (Wildman–Crippen MR) is 145 cm³/mol. The normalized spacial score (nSPS) is 16.4. The van der Waals surface area contributed by atoms with E-state index in [0.29, 0.717) is 49.5 Å². The highest BCUT2D eigenvalue weighted by Crippen LogP contribution is 2.23. The smallest absolute Gasteiger partial charge is 0.238 e. The molecule has 1 aliphatic heterocycles. The molecular formula is C27H33N3O5S2. The molecule has 0 saturated carbocycles. The number of thiazole rings is 1. The molecule has 0 radical (unpaired) electrons. The van der Waals surface area contributed by atoms with Crippen molar-refractivity contribution in [2.45, 2.75) is 56.5 Å². The molecule has 10 heteroatoms. The van der Waals surface area contributed by atoms with E-state index in [1.165, 1.54) is 11.3 Å². The summed E-state index contributed by atoms with van der Waals surface area (Å²) >= 11 is 1.30. The summed E-state index contributed by atoms with van der Waals surface area (Å²) in [6.07, 6.45) is 2.48. The first-order valence-electron chi connectivity index (χ1n) is 12.6. The Kier molecular flexibility index (Phi) is 9.42. The molecule has 2 heterocycles. The lowest BCUT2D eigenvalue weighted by Gasteiger charge is -2.29. The van der Waals surface area contributed by atoms with Gasteiger partial charge in [0.2, 0.25) is 11.7 Å². The number of Topliss-reactive ketones (excluding diaryl/α,β-unsaturated/α-hetero) is 1. The lowest BCUT2D eigenvalue weighted by Crippen LogP contribution is -2.55. The van der Waals surface area contributed by atoms with Gasteiger partial charge in [0.25, 0.3) is 0 Å². The fraction of sp³-hybridized carbons (Fsp3) is 0.444. The van der Waals surface area contributed by atoms with Crippen LogP contribution in [0, 0.1) is 0 Å². The predicted octanol–water partition coefficient (Wildman–Crippen LogP) is 3.52. The van der Waals surface area contributed by atoms with Gasteiger partial charge in [-0.1, -0.05) is 55.8 Å². The summed E-state index contributed by atoms with van der Waals surface area (Å²) < 4.78 is 32.5. The number of ketones is 1. The second kappa shape index (κ2) is 12.7. The Balaban J connectivity index is 1.51. The highest BCUT2D eigenvalue weighted by Gasteiger charge is 2.32. The molecule has 2 atom stereocenters. The van der Waals surface area contributed by atoms with Crippen LogP contribution < -0.4 is 10.6 Å². The Bertz CT molecular complexity index is 1270. The number of amides is 1. The molecule has 1 fully saturated rings. The maximum Gasteiger partial charge on any atom is 0.238 e. The molecule has 1 aromatic heterocycles. The van der Waals surface area contributed by atoms with Crippen LogP contribution in [0.2, 0.25) is 0 Å². The first kappa shape index (κ1) is 27.4. The first-order valence-corrected chi connectivity index (χ1v) is 15.3. The summed E-state index contributed by atoms with van der Waals surface area (Å²) in [6, 6.07) is 14.6. The lowest BCUT2D eigenvalue weighted by atomic mass is 10.1. The van der Waals surface area contributed by atoms with E-state index < -0.39 is 27.8 Å². The van der Waals surface area contributed by atoms with E-state index in [4.69, 9.17) is 4.74 Å². The van der Waals surface area contributed by atoms with Gasteiger partial charge >= 0.3 is 0 Å². The minimum atomic E-state index is -3.62. The molecule has 3 aromatic rings. The van der Waals surface area contributed by atoms with Crippen molar-refractivity contribution in [3.8, 4) is 0 Å². The highest BCUT2D eigenvalue weighted by molar-refractivity contribution is 7.90. The Morgan fingerprint density at radius 3 is 2.46 bits per heavy atom. The van der Waals surface area contributed by atoms with E-state index in [1.807, 2.05) is 37.3 Å². The molecule has 198 valence electrons. The molecule has 0 spiro atoms. The SMILES string of the molecule is CCCC(NC(=O)C(CS(=O)(=O)Cc1ccccc1)NC1CCOCC1)C(=O)c1nc2ccccc2s1. The van der Waals surface area contributed by atoms with Gasteiger partial charge in [0.15, 0.2) is 14.8 Å². The van der Waals surface area contributed by atoms with E-state index in [2.05, 4.69) is 15.6 Å². The van der Waals surface area contributed by atoms with Gasteiger partial charge in [-0.15, -0.1) is 11.3 Å². The fourth-order valence-corrected chi connectivity index (χ4v) is 6.98. The Hall–Kier alpha value is -2.66. The Morgan fingerprint density at radius 2 is 1.76 bits per heavy atom. The lowest BCUT2D eigenvalue weighted by molar-refractivity contribution is -0.123. The zero-order chi connectivity index (χ0) is 26.3. The molecule has 2 unspecified atom stereocenters. The van der Waals surface area contributed by atoms with Crippen LogP contribution in [0.1, 0.15) is 48.0 Å². The summed E-state index contributed by atoms with van der Waals surface area (Å²) in [6.45, 7) is 3.04. The van der Waals surface area contributed by atoms with Crippen LogP contribution in [-0.4, -0.2) is 62.2 Å². The second-order valence-corrected chi connectivity index (χ2v) is 12.5. The van der Waals surface area contributed by atoms with Crippen LogP contribution in [0.15, 0.2) is 54.6 Å². The van der Waals surface area contributed by atoms with Crippen molar-refractivity contribution in [3.05, 3.63) is 65.2 Å². The van der Waals surface area contributed by atoms with Crippen LogP contribution in [-0.2, 0) is 25.1 Å². The zero-order valence-electron chi connectivity index (χ0n) is 20.9. The molecule has 1 amide bonds. The molecule has 4 rings (SSSR count). The van der Waals surface area contributed by atoms with Gasteiger partial charge in [-0.3, -0.25) is 9.59 Å². The summed E-state index contributed by atoms with van der Waals surface area (Å²) in [5.41, 5.74) is 1.41. The minimum absolute atomic E-state index is 0.0407. The average Bonchev–Trinajstić information content (AvgIpc) is 3.33. The highest BCUT2D eigenvalue weighted by atomic mass is 32.2. The fourth-order valence-electron chi connectivity index (χ4n) is 4.45.